The fourth-order valence-electron chi connectivity index (χ4n) is 4.14. The van der Waals surface area contributed by atoms with E-state index in [0.29, 0.717) is 35.7 Å². The van der Waals surface area contributed by atoms with Crippen LogP contribution in [0.5, 0.6) is 11.5 Å². The Bertz CT molecular complexity index is 1430. The zero-order valence-electron chi connectivity index (χ0n) is 19.4. The number of ether oxygens (including phenoxy) is 2. The van der Waals surface area contributed by atoms with Crippen molar-refractivity contribution in [2.24, 2.45) is 10.9 Å². The molecule has 0 radical (unpaired) electrons. The van der Waals surface area contributed by atoms with E-state index in [1.807, 2.05) is 4.57 Å². The summed E-state index contributed by atoms with van der Waals surface area (Å²) in [5.41, 5.74) is 0.743. The summed E-state index contributed by atoms with van der Waals surface area (Å²) < 4.78 is 54.3. The average Bonchev–Trinajstić information content (AvgIpc) is 3.22. The van der Waals surface area contributed by atoms with Crippen molar-refractivity contribution in [2.75, 3.05) is 27.3 Å². The van der Waals surface area contributed by atoms with Crippen LogP contribution in [0.15, 0.2) is 58.9 Å². The van der Waals surface area contributed by atoms with Crippen LogP contribution in [0, 0.1) is 11.7 Å². The number of nitrogens with zero attached hydrogens (tertiary/aromatic N) is 3. The van der Waals surface area contributed by atoms with Crippen LogP contribution in [0.2, 0.25) is 0 Å². The van der Waals surface area contributed by atoms with Gasteiger partial charge in [-0.2, -0.15) is 9.30 Å². The van der Waals surface area contributed by atoms with Gasteiger partial charge in [-0.15, -0.1) is 6.58 Å². The largest absolute Gasteiger partial charge is 0.495 e. The molecule has 0 aliphatic carbocycles. The smallest absolute Gasteiger partial charge is 0.252 e. The highest BCUT2D eigenvalue weighted by atomic mass is 32.2. The molecule has 1 atom stereocenters. The van der Waals surface area contributed by atoms with Gasteiger partial charge >= 0.3 is 0 Å². The maximum absolute atomic E-state index is 13.3. The second-order valence-corrected chi connectivity index (χ2v) is 11.0. The molecule has 186 valence electrons. The lowest BCUT2D eigenvalue weighted by molar-refractivity contribution is -0.122. The SMILES string of the molecule is C=CCn1c(=NC(=O)C2CCCN(S(=O)(=O)c3ccc(F)cc3)C2)sc2c(OC)ccc(OC)c21. The Hall–Kier alpha value is -3.02. The van der Waals surface area contributed by atoms with Crippen molar-refractivity contribution in [3.8, 4) is 11.5 Å². The van der Waals surface area contributed by atoms with Gasteiger partial charge in [-0.3, -0.25) is 4.79 Å². The minimum atomic E-state index is -3.85. The van der Waals surface area contributed by atoms with Gasteiger partial charge in [-0.1, -0.05) is 17.4 Å². The Balaban J connectivity index is 1.69. The number of sulfonamides is 1. The first kappa shape index (κ1) is 25.1. The molecular formula is C24H26FN3O5S2. The molecule has 1 aliphatic rings. The molecule has 1 aliphatic heterocycles. The summed E-state index contributed by atoms with van der Waals surface area (Å²) in [4.78, 5) is 18.1. The Labute approximate surface area is 207 Å². The monoisotopic (exact) mass is 519 g/mol. The number of carbonyl (C=O) groups excluding carboxylic acids is 1. The fraction of sp³-hybridized carbons (Fsp3) is 0.333. The number of methoxy groups -OCH3 is 2. The second kappa shape index (κ2) is 10.3. The molecule has 4 rings (SSSR count). The summed E-state index contributed by atoms with van der Waals surface area (Å²) in [6.45, 7) is 4.51. The van der Waals surface area contributed by atoms with E-state index in [4.69, 9.17) is 9.47 Å². The van der Waals surface area contributed by atoms with Crippen molar-refractivity contribution in [1.29, 1.82) is 0 Å². The van der Waals surface area contributed by atoms with Crippen molar-refractivity contribution >= 4 is 37.5 Å². The number of rotatable bonds is 7. The van der Waals surface area contributed by atoms with Crippen molar-refractivity contribution in [2.45, 2.75) is 24.3 Å². The van der Waals surface area contributed by atoms with E-state index in [9.17, 15) is 17.6 Å². The first-order chi connectivity index (χ1) is 16.8. The molecule has 11 heteroatoms. The van der Waals surface area contributed by atoms with Gasteiger partial charge in [0.05, 0.1) is 25.0 Å². The Morgan fingerprint density at radius 3 is 2.54 bits per heavy atom. The molecule has 0 bridgehead atoms. The van der Waals surface area contributed by atoms with Crippen LogP contribution in [0.4, 0.5) is 4.39 Å². The number of allylic oxidation sites excluding steroid dienone is 1. The molecule has 0 spiro atoms. The normalized spacial score (nSPS) is 17.5. The molecule has 2 heterocycles. The third-order valence-corrected chi connectivity index (χ3v) is 8.87. The summed E-state index contributed by atoms with van der Waals surface area (Å²) in [5.74, 6) is -0.260. The minimum absolute atomic E-state index is 0.00328. The van der Waals surface area contributed by atoms with Gasteiger partial charge in [0.2, 0.25) is 10.0 Å². The highest BCUT2D eigenvalue weighted by molar-refractivity contribution is 7.89. The molecule has 0 N–H and O–H groups in total. The van der Waals surface area contributed by atoms with Gasteiger partial charge in [-0.25, -0.2) is 12.8 Å². The Morgan fingerprint density at radius 1 is 1.20 bits per heavy atom. The molecule has 3 aromatic rings. The van der Waals surface area contributed by atoms with Gasteiger partial charge in [0.15, 0.2) is 4.80 Å². The first-order valence-corrected chi connectivity index (χ1v) is 13.2. The first-order valence-electron chi connectivity index (χ1n) is 11.0. The van der Waals surface area contributed by atoms with Crippen LogP contribution in [0.1, 0.15) is 12.8 Å². The lowest BCUT2D eigenvalue weighted by atomic mass is 9.99. The summed E-state index contributed by atoms with van der Waals surface area (Å²) in [6.07, 6.45) is 2.75. The van der Waals surface area contributed by atoms with E-state index >= 15 is 0 Å². The van der Waals surface area contributed by atoms with Crippen LogP contribution >= 0.6 is 11.3 Å². The maximum atomic E-state index is 13.3. The van der Waals surface area contributed by atoms with Gasteiger partial charge in [0, 0.05) is 19.6 Å². The molecule has 1 aromatic heterocycles. The van der Waals surface area contributed by atoms with Gasteiger partial charge < -0.3 is 14.0 Å². The molecule has 1 amide bonds. The summed E-state index contributed by atoms with van der Waals surface area (Å²) in [5, 5.41) is 0. The lowest BCUT2D eigenvalue weighted by Crippen LogP contribution is -2.42. The van der Waals surface area contributed by atoms with Crippen LogP contribution in [-0.2, 0) is 21.4 Å². The van der Waals surface area contributed by atoms with Crippen molar-refractivity contribution < 1.29 is 27.1 Å². The standard InChI is InChI=1S/C24H26FN3O5S2/c1-4-13-28-21-19(32-2)11-12-20(33-3)22(21)34-24(28)26-23(29)16-6-5-14-27(15-16)35(30,31)18-9-7-17(25)8-10-18/h4,7-12,16H,1,5-6,13-15H2,2-3H3. The van der Waals surface area contributed by atoms with E-state index in [0.717, 1.165) is 22.3 Å². The Morgan fingerprint density at radius 2 is 1.89 bits per heavy atom. The number of hydrogen-bond donors (Lipinski definition) is 0. The zero-order valence-corrected chi connectivity index (χ0v) is 21.1. The average molecular weight is 520 g/mol. The van der Waals surface area contributed by atoms with Crippen molar-refractivity contribution in [3.63, 3.8) is 0 Å². The quantitative estimate of drug-likeness (QED) is 0.445. The van der Waals surface area contributed by atoms with Crippen LogP contribution in [0.3, 0.4) is 0 Å². The van der Waals surface area contributed by atoms with Gasteiger partial charge in [0.25, 0.3) is 5.91 Å². The van der Waals surface area contributed by atoms with E-state index in [2.05, 4.69) is 11.6 Å². The highest BCUT2D eigenvalue weighted by Crippen LogP contribution is 2.35. The number of amides is 1. The molecule has 1 fully saturated rings. The molecule has 0 saturated carbocycles. The molecule has 1 saturated heterocycles. The van der Waals surface area contributed by atoms with Crippen LogP contribution < -0.4 is 14.3 Å². The third-order valence-electron chi connectivity index (χ3n) is 5.89. The van der Waals surface area contributed by atoms with Gasteiger partial charge in [0.1, 0.15) is 27.5 Å². The van der Waals surface area contributed by atoms with Crippen molar-refractivity contribution in [1.82, 2.24) is 8.87 Å². The summed E-state index contributed by atoms with van der Waals surface area (Å²) in [7, 11) is -0.714. The molecule has 8 nitrogen and oxygen atoms in total. The highest BCUT2D eigenvalue weighted by Gasteiger charge is 2.33. The van der Waals surface area contributed by atoms with Crippen molar-refractivity contribution in [3.05, 3.63) is 59.7 Å². The molecule has 2 aromatic carbocycles. The van der Waals surface area contributed by atoms with E-state index < -0.39 is 27.7 Å². The predicted molar refractivity (Wildman–Crippen MR) is 132 cm³/mol. The third kappa shape index (κ3) is 4.89. The lowest BCUT2D eigenvalue weighted by Gasteiger charge is -2.30. The van der Waals surface area contributed by atoms with E-state index in [1.165, 1.54) is 27.8 Å². The molecule has 1 unspecified atom stereocenters. The number of fused-ring (bicyclic) bond motifs is 1. The van der Waals surface area contributed by atoms with Crippen LogP contribution in [-0.4, -0.2) is 50.5 Å². The van der Waals surface area contributed by atoms with Gasteiger partial charge in [-0.05, 0) is 49.2 Å². The predicted octanol–water partition coefficient (Wildman–Crippen LogP) is 3.57. The minimum Gasteiger partial charge on any atom is -0.495 e. The van der Waals surface area contributed by atoms with E-state index in [-0.39, 0.29) is 18.0 Å². The number of carbonyl (C=O) groups is 1. The molecular weight excluding hydrogens is 493 g/mol. The topological polar surface area (TPSA) is 90.2 Å². The Kier molecular flexibility index (Phi) is 7.39. The molecule has 35 heavy (non-hydrogen) atoms. The number of hydrogen-bond acceptors (Lipinski definition) is 6. The summed E-state index contributed by atoms with van der Waals surface area (Å²) in [6, 6.07) is 8.26. The number of aromatic nitrogens is 1. The summed E-state index contributed by atoms with van der Waals surface area (Å²) >= 11 is 1.30. The van der Waals surface area contributed by atoms with E-state index in [1.54, 1.807) is 32.4 Å². The van der Waals surface area contributed by atoms with Crippen LogP contribution in [0.25, 0.3) is 10.2 Å². The number of piperidine rings is 1. The zero-order chi connectivity index (χ0) is 25.2. The maximum Gasteiger partial charge on any atom is 0.252 e. The number of halogens is 1. The number of thiazole rings is 1. The fourth-order valence-corrected chi connectivity index (χ4v) is 6.82. The number of benzene rings is 2. The second-order valence-electron chi connectivity index (χ2n) is 8.04.